The van der Waals surface area contributed by atoms with Crippen molar-refractivity contribution in [1.82, 2.24) is 34.5 Å². The molecule has 1 spiro atoms. The van der Waals surface area contributed by atoms with Crippen LogP contribution in [0.5, 0.6) is 0 Å². The highest BCUT2D eigenvalue weighted by Crippen LogP contribution is 2.36. The molecular weight excluding hydrogens is 761 g/mol. The number of halogens is 3. The number of carbonyl (C=O) groups excluding carboxylic acids is 2. The van der Waals surface area contributed by atoms with Gasteiger partial charge in [0.2, 0.25) is 21.8 Å². The van der Waals surface area contributed by atoms with Gasteiger partial charge in [0.05, 0.1) is 29.5 Å². The van der Waals surface area contributed by atoms with Gasteiger partial charge in [-0.15, -0.1) is 37.2 Å². The van der Waals surface area contributed by atoms with E-state index in [0.717, 1.165) is 67.8 Å². The van der Waals surface area contributed by atoms with Crippen LogP contribution in [0.2, 0.25) is 0 Å². The van der Waals surface area contributed by atoms with Gasteiger partial charge in [-0.25, -0.2) is 17.8 Å². The van der Waals surface area contributed by atoms with E-state index in [2.05, 4.69) is 26.8 Å². The zero-order valence-electron chi connectivity index (χ0n) is 31.5. The molecule has 1 saturated carbocycles. The van der Waals surface area contributed by atoms with Gasteiger partial charge in [0.1, 0.15) is 11.6 Å². The third-order valence-electron chi connectivity index (χ3n) is 11.6. The molecule has 0 unspecified atom stereocenters. The number of nitrogens with zero attached hydrogens (tertiary/aromatic N) is 5. The molecule has 1 aromatic heterocycles. The number of ether oxygens (including phenoxy) is 1. The first-order valence-corrected chi connectivity index (χ1v) is 20.4. The number of benzene rings is 1. The predicted octanol–water partition coefficient (Wildman–Crippen LogP) is 4.80. The molecule has 6 rings (SSSR count). The van der Waals surface area contributed by atoms with Crippen LogP contribution in [0.3, 0.4) is 0 Å². The van der Waals surface area contributed by atoms with E-state index in [0.29, 0.717) is 71.2 Å². The number of morpholine rings is 1. The summed E-state index contributed by atoms with van der Waals surface area (Å²) in [4.78, 5) is 34.6. The van der Waals surface area contributed by atoms with Gasteiger partial charge in [0.15, 0.2) is 0 Å². The summed E-state index contributed by atoms with van der Waals surface area (Å²) in [6, 6.07) is 6.47. The number of likely N-dealkylation sites (tertiary alicyclic amines) is 1. The predicted molar refractivity (Wildman–Crippen MR) is 214 cm³/mol. The average Bonchev–Trinajstić information content (AvgIpc) is 3.40. The van der Waals surface area contributed by atoms with Gasteiger partial charge in [-0.1, -0.05) is 45.4 Å². The van der Waals surface area contributed by atoms with Gasteiger partial charge in [0.25, 0.3) is 0 Å². The lowest BCUT2D eigenvalue weighted by Gasteiger charge is -2.52. The Kier molecular flexibility index (Phi) is 17.4. The number of hydrogen-bond acceptors (Lipinski definition) is 8. The molecule has 2 amide bonds. The van der Waals surface area contributed by atoms with Gasteiger partial charge in [-0.3, -0.25) is 19.4 Å². The zero-order chi connectivity index (χ0) is 35.3. The van der Waals surface area contributed by atoms with Crippen molar-refractivity contribution in [3.05, 3.63) is 41.2 Å². The van der Waals surface area contributed by atoms with Gasteiger partial charge in [-0.2, -0.15) is 5.10 Å². The number of unbranched alkanes of at least 4 members (excludes halogenated alkanes) is 1. The van der Waals surface area contributed by atoms with E-state index >= 15 is 0 Å². The number of carbonyl (C=O) groups is 2. The zero-order valence-corrected chi connectivity index (χ0v) is 34.8. The lowest BCUT2D eigenvalue weighted by Crippen LogP contribution is -2.73. The van der Waals surface area contributed by atoms with Crippen LogP contribution in [0.1, 0.15) is 88.1 Å². The highest BCUT2D eigenvalue weighted by atomic mass is 35.5. The lowest BCUT2D eigenvalue weighted by atomic mass is 9.79. The Morgan fingerprint density at radius 3 is 2.23 bits per heavy atom. The fourth-order valence-corrected chi connectivity index (χ4v) is 9.42. The summed E-state index contributed by atoms with van der Waals surface area (Å²) in [6.45, 7) is 12.9. The monoisotopic (exact) mass is 819 g/mol. The van der Waals surface area contributed by atoms with E-state index in [1.165, 1.54) is 19.3 Å². The molecule has 4 fully saturated rings. The number of aromatic nitrogens is 2. The lowest BCUT2D eigenvalue weighted by molar-refractivity contribution is -0.162. The number of rotatable bonds is 13. The maximum Gasteiger partial charge on any atom is 0.246 e. The number of aryl methyl sites for hydroxylation is 1. The molecule has 2 N–H and O–H groups in total. The van der Waals surface area contributed by atoms with Crippen molar-refractivity contribution in [3.8, 4) is 5.69 Å². The van der Waals surface area contributed by atoms with Crippen LogP contribution in [0, 0.1) is 19.8 Å². The molecule has 1 aromatic carbocycles. The van der Waals surface area contributed by atoms with Crippen LogP contribution in [0.15, 0.2) is 29.2 Å². The molecule has 0 bridgehead atoms. The highest BCUT2D eigenvalue weighted by Gasteiger charge is 2.53. The second-order valence-corrected chi connectivity index (χ2v) is 16.6. The summed E-state index contributed by atoms with van der Waals surface area (Å²) < 4.78 is 35.9. The standard InChI is InChI=1S/C37H57N7O5S.3ClH/c1-4-5-18-43-35(45)34(26-30-9-7-6-8-10-30)39-36(46)37(43)15-19-42(20-16-37)27-33-28(2)40-44(29(33)3)31-11-13-32(14-12-31)50(47,48)38-17-21-41-22-24-49-25-23-41;;;/h11-14,30,34,38H,4-10,15-27H2,1-3H3,(H,39,46);3*1H/t34-;;;/m0.../s1. The van der Waals surface area contributed by atoms with Gasteiger partial charge in [0, 0.05) is 63.6 Å². The number of piperazine rings is 1. The molecular formula is C37H60Cl3N7O5S. The van der Waals surface area contributed by atoms with E-state index < -0.39 is 21.6 Å². The Hall–Kier alpha value is -1.97. The highest BCUT2D eigenvalue weighted by molar-refractivity contribution is 7.89. The van der Waals surface area contributed by atoms with E-state index in [-0.39, 0.29) is 53.9 Å². The molecule has 3 saturated heterocycles. The number of nitrogens with one attached hydrogen (secondary N) is 2. The second-order valence-electron chi connectivity index (χ2n) is 14.8. The summed E-state index contributed by atoms with van der Waals surface area (Å²) in [7, 11) is -3.63. The van der Waals surface area contributed by atoms with Crippen LogP contribution < -0.4 is 10.0 Å². The van der Waals surface area contributed by atoms with Crippen LogP contribution in [0.25, 0.3) is 5.69 Å². The average molecular weight is 821 g/mol. The third-order valence-corrected chi connectivity index (χ3v) is 13.0. The molecule has 300 valence electrons. The summed E-state index contributed by atoms with van der Waals surface area (Å²) in [5.74, 6) is 0.673. The molecule has 1 atom stereocenters. The fourth-order valence-electron chi connectivity index (χ4n) is 8.40. The number of amides is 2. The molecule has 4 heterocycles. The van der Waals surface area contributed by atoms with Crippen LogP contribution >= 0.6 is 37.2 Å². The van der Waals surface area contributed by atoms with Crippen LogP contribution in [-0.2, 0) is 30.9 Å². The minimum atomic E-state index is -3.63. The maximum atomic E-state index is 13.9. The summed E-state index contributed by atoms with van der Waals surface area (Å²) in [6.07, 6.45) is 9.92. The Morgan fingerprint density at radius 2 is 1.58 bits per heavy atom. The summed E-state index contributed by atoms with van der Waals surface area (Å²) in [5.41, 5.74) is 3.07. The third kappa shape index (κ3) is 10.5. The first-order valence-electron chi connectivity index (χ1n) is 18.9. The first kappa shape index (κ1) is 45.4. The Labute approximate surface area is 334 Å². The Balaban J connectivity index is 0.00000252. The smallest absolute Gasteiger partial charge is 0.246 e. The van der Waals surface area contributed by atoms with E-state index in [9.17, 15) is 18.0 Å². The largest absolute Gasteiger partial charge is 0.379 e. The van der Waals surface area contributed by atoms with Gasteiger partial charge < -0.3 is 15.0 Å². The molecule has 16 heteroatoms. The van der Waals surface area contributed by atoms with Crippen molar-refractivity contribution in [1.29, 1.82) is 0 Å². The SMILES string of the molecule is CCCCN1C(=O)[C@H](CC2CCCCC2)NC(=O)C12CCN(Cc1c(C)nn(-c3ccc(S(=O)(=O)NCCN4CCOCC4)cc3)c1C)CC2.Cl.Cl.Cl. The first-order chi connectivity index (χ1) is 24.1. The molecule has 12 nitrogen and oxygen atoms in total. The quantitative estimate of drug-likeness (QED) is 0.295. The van der Waals surface area contributed by atoms with Crippen LogP contribution in [0.4, 0.5) is 0 Å². The van der Waals surface area contributed by atoms with Crippen molar-refractivity contribution in [3.63, 3.8) is 0 Å². The van der Waals surface area contributed by atoms with Gasteiger partial charge >= 0.3 is 0 Å². The molecule has 4 aliphatic rings. The fraction of sp³-hybridized carbons (Fsp3) is 0.703. The molecule has 2 aromatic rings. The van der Waals surface area contributed by atoms with Crippen molar-refractivity contribution < 1.29 is 22.7 Å². The van der Waals surface area contributed by atoms with Crippen molar-refractivity contribution in [2.75, 3.05) is 59.0 Å². The second kappa shape index (κ2) is 20.3. The van der Waals surface area contributed by atoms with Crippen molar-refractivity contribution >= 4 is 59.1 Å². The number of hydrogen-bond donors (Lipinski definition) is 2. The van der Waals surface area contributed by atoms with E-state index in [1.54, 1.807) is 24.3 Å². The normalized spacial score (nSPS) is 21.4. The van der Waals surface area contributed by atoms with E-state index in [1.807, 2.05) is 23.4 Å². The summed E-state index contributed by atoms with van der Waals surface area (Å²) >= 11 is 0. The van der Waals surface area contributed by atoms with Gasteiger partial charge in [-0.05, 0) is 69.7 Å². The minimum absolute atomic E-state index is 0. The maximum absolute atomic E-state index is 13.9. The van der Waals surface area contributed by atoms with E-state index in [4.69, 9.17) is 9.84 Å². The topological polar surface area (TPSA) is 129 Å². The number of piperidine rings is 1. The molecule has 1 aliphatic carbocycles. The Morgan fingerprint density at radius 1 is 0.925 bits per heavy atom. The van der Waals surface area contributed by atoms with Crippen LogP contribution in [-0.4, -0.2) is 115 Å². The molecule has 0 radical (unpaired) electrons. The van der Waals surface area contributed by atoms with Crippen molar-refractivity contribution in [2.24, 2.45) is 5.92 Å². The molecule has 53 heavy (non-hydrogen) atoms. The van der Waals surface area contributed by atoms with Crippen molar-refractivity contribution in [2.45, 2.75) is 108 Å². The molecule has 3 aliphatic heterocycles. The summed E-state index contributed by atoms with van der Waals surface area (Å²) in [5, 5.41) is 8.05. The number of sulfonamides is 1. The Bertz CT molecular complexity index is 1590. The minimum Gasteiger partial charge on any atom is -0.379 e.